The maximum atomic E-state index is 12.7. The highest BCUT2D eigenvalue weighted by Crippen LogP contribution is 2.27. The number of para-hydroxylation sites is 1. The molecule has 0 spiro atoms. The van der Waals surface area contributed by atoms with Crippen LogP contribution < -0.4 is 20.7 Å². The fourth-order valence-corrected chi connectivity index (χ4v) is 2.99. The van der Waals surface area contributed by atoms with Gasteiger partial charge in [-0.1, -0.05) is 24.3 Å². The van der Waals surface area contributed by atoms with Gasteiger partial charge in [-0.3, -0.25) is 4.79 Å². The standard InChI is InChI=1S/C22H23F2N5O3/c1-25-20(31)17-7-6-14(16-12-28-22(29-13-16)26-8-9-30)10-18(17)27-11-15-4-2-3-5-19(15)32-21(23)24/h2-7,10,12-13,21,27,30H,8-9,11H2,1H3,(H,25,31)(H,26,28,29). The fourth-order valence-electron chi connectivity index (χ4n) is 2.99. The van der Waals surface area contributed by atoms with Gasteiger partial charge in [0.1, 0.15) is 5.75 Å². The zero-order valence-corrected chi connectivity index (χ0v) is 17.3. The average Bonchev–Trinajstić information content (AvgIpc) is 2.81. The first-order chi connectivity index (χ1) is 15.5. The Kier molecular flexibility index (Phi) is 7.87. The highest BCUT2D eigenvalue weighted by Gasteiger charge is 2.14. The first-order valence-electron chi connectivity index (χ1n) is 9.81. The summed E-state index contributed by atoms with van der Waals surface area (Å²) in [5.74, 6) is 0.154. The van der Waals surface area contributed by atoms with Crippen LogP contribution in [0.1, 0.15) is 15.9 Å². The van der Waals surface area contributed by atoms with Gasteiger partial charge in [0.05, 0.1) is 12.2 Å². The van der Waals surface area contributed by atoms with Gasteiger partial charge in [0.15, 0.2) is 0 Å². The fraction of sp³-hybridized carbons (Fsp3) is 0.227. The lowest BCUT2D eigenvalue weighted by Crippen LogP contribution is -2.19. The molecule has 1 heterocycles. The Balaban J connectivity index is 1.86. The molecule has 0 fully saturated rings. The number of carbonyl (C=O) groups excluding carboxylic acids is 1. The molecule has 0 aliphatic carbocycles. The molecule has 168 valence electrons. The number of aliphatic hydroxyl groups excluding tert-OH is 1. The Hall–Kier alpha value is -3.79. The predicted molar refractivity (Wildman–Crippen MR) is 117 cm³/mol. The number of nitrogens with one attached hydrogen (secondary N) is 3. The predicted octanol–water partition coefficient (Wildman–Crippen LogP) is 3.12. The quantitative estimate of drug-likeness (QED) is 0.381. The van der Waals surface area contributed by atoms with Crippen LogP contribution in [0, 0.1) is 0 Å². The van der Waals surface area contributed by atoms with Crippen LogP contribution in [-0.4, -0.2) is 47.8 Å². The van der Waals surface area contributed by atoms with Crippen LogP contribution >= 0.6 is 0 Å². The van der Waals surface area contributed by atoms with Crippen molar-refractivity contribution < 1.29 is 23.4 Å². The highest BCUT2D eigenvalue weighted by atomic mass is 19.3. The zero-order valence-electron chi connectivity index (χ0n) is 17.3. The summed E-state index contributed by atoms with van der Waals surface area (Å²) in [4.78, 5) is 20.7. The first kappa shape index (κ1) is 22.9. The largest absolute Gasteiger partial charge is 0.434 e. The molecule has 4 N–H and O–H groups in total. The van der Waals surface area contributed by atoms with Gasteiger partial charge in [0, 0.05) is 49.3 Å². The van der Waals surface area contributed by atoms with Crippen molar-refractivity contribution in [1.82, 2.24) is 15.3 Å². The summed E-state index contributed by atoms with van der Waals surface area (Å²) < 4.78 is 30.0. The summed E-state index contributed by atoms with van der Waals surface area (Å²) in [5.41, 5.74) is 2.89. The van der Waals surface area contributed by atoms with Crippen LogP contribution in [0.15, 0.2) is 54.9 Å². The van der Waals surface area contributed by atoms with E-state index >= 15 is 0 Å². The van der Waals surface area contributed by atoms with Gasteiger partial charge >= 0.3 is 6.61 Å². The van der Waals surface area contributed by atoms with E-state index < -0.39 is 6.61 Å². The third-order valence-corrected chi connectivity index (χ3v) is 4.53. The van der Waals surface area contributed by atoms with Crippen LogP contribution in [-0.2, 0) is 6.54 Å². The maximum absolute atomic E-state index is 12.7. The number of benzene rings is 2. The minimum Gasteiger partial charge on any atom is -0.434 e. The van der Waals surface area contributed by atoms with Crippen LogP contribution in [0.2, 0.25) is 0 Å². The van der Waals surface area contributed by atoms with E-state index in [1.54, 1.807) is 48.8 Å². The number of halogens is 2. The van der Waals surface area contributed by atoms with Crippen LogP contribution in [0.5, 0.6) is 5.75 Å². The number of ether oxygens (including phenoxy) is 1. The Bertz CT molecular complexity index is 1050. The summed E-state index contributed by atoms with van der Waals surface area (Å²) in [6.45, 7) is -2.47. The molecule has 2 aromatic carbocycles. The number of aromatic nitrogens is 2. The number of anilines is 2. The van der Waals surface area contributed by atoms with Crippen LogP contribution in [0.4, 0.5) is 20.4 Å². The van der Waals surface area contributed by atoms with Crippen molar-refractivity contribution in [2.75, 3.05) is 30.8 Å². The minimum atomic E-state index is -2.93. The lowest BCUT2D eigenvalue weighted by Gasteiger charge is -2.15. The number of aliphatic hydroxyl groups is 1. The van der Waals surface area contributed by atoms with Crippen molar-refractivity contribution >= 4 is 17.5 Å². The normalized spacial score (nSPS) is 10.7. The van der Waals surface area contributed by atoms with Gasteiger partial charge < -0.3 is 25.8 Å². The van der Waals surface area contributed by atoms with E-state index in [2.05, 4.69) is 30.7 Å². The number of hydrogen-bond acceptors (Lipinski definition) is 7. The Morgan fingerprint density at radius 3 is 2.53 bits per heavy atom. The van der Waals surface area contributed by atoms with Crippen LogP contribution in [0.25, 0.3) is 11.1 Å². The maximum Gasteiger partial charge on any atom is 0.387 e. The molecule has 0 saturated heterocycles. The Morgan fingerprint density at radius 2 is 1.84 bits per heavy atom. The van der Waals surface area contributed by atoms with Gasteiger partial charge in [-0.25, -0.2) is 9.97 Å². The number of nitrogens with zero attached hydrogens (tertiary/aromatic N) is 2. The number of rotatable bonds is 10. The van der Waals surface area contributed by atoms with E-state index in [4.69, 9.17) is 5.11 Å². The summed E-state index contributed by atoms with van der Waals surface area (Å²) in [7, 11) is 1.53. The Morgan fingerprint density at radius 1 is 1.09 bits per heavy atom. The van der Waals surface area contributed by atoms with E-state index in [0.717, 1.165) is 5.56 Å². The molecule has 3 aromatic rings. The van der Waals surface area contributed by atoms with E-state index in [9.17, 15) is 13.6 Å². The van der Waals surface area contributed by atoms with Gasteiger partial charge in [-0.15, -0.1) is 0 Å². The smallest absolute Gasteiger partial charge is 0.387 e. The third-order valence-electron chi connectivity index (χ3n) is 4.53. The Labute approximate surface area is 183 Å². The van der Waals surface area contributed by atoms with Crippen molar-refractivity contribution in [3.8, 4) is 16.9 Å². The lowest BCUT2D eigenvalue weighted by molar-refractivity contribution is -0.0504. The molecule has 0 radical (unpaired) electrons. The molecule has 1 aromatic heterocycles. The third kappa shape index (κ3) is 5.88. The minimum absolute atomic E-state index is 0.0351. The van der Waals surface area contributed by atoms with Crippen LogP contribution in [0.3, 0.4) is 0 Å². The number of carbonyl (C=O) groups is 1. The molecular formula is C22H23F2N5O3. The van der Waals surface area contributed by atoms with Crippen molar-refractivity contribution in [2.24, 2.45) is 0 Å². The number of amides is 1. The van der Waals surface area contributed by atoms with Crippen molar-refractivity contribution in [3.63, 3.8) is 0 Å². The second-order valence-corrected chi connectivity index (χ2v) is 6.62. The highest BCUT2D eigenvalue weighted by molar-refractivity contribution is 6.00. The molecular weight excluding hydrogens is 420 g/mol. The van der Waals surface area contributed by atoms with E-state index in [1.165, 1.54) is 13.1 Å². The SMILES string of the molecule is CNC(=O)c1ccc(-c2cnc(NCCO)nc2)cc1NCc1ccccc1OC(F)F. The summed E-state index contributed by atoms with van der Waals surface area (Å²) in [5, 5.41) is 17.5. The topological polar surface area (TPSA) is 108 Å². The molecule has 0 saturated carbocycles. The number of alkyl halides is 2. The van der Waals surface area contributed by atoms with E-state index in [0.29, 0.717) is 34.9 Å². The molecule has 1 amide bonds. The summed E-state index contributed by atoms with van der Waals surface area (Å²) >= 11 is 0. The average molecular weight is 443 g/mol. The van der Waals surface area contributed by atoms with E-state index in [1.807, 2.05) is 0 Å². The summed E-state index contributed by atoms with van der Waals surface area (Å²) in [6.07, 6.45) is 3.24. The summed E-state index contributed by atoms with van der Waals surface area (Å²) in [6, 6.07) is 11.6. The monoisotopic (exact) mass is 443 g/mol. The van der Waals surface area contributed by atoms with Crippen molar-refractivity contribution in [1.29, 1.82) is 0 Å². The lowest BCUT2D eigenvalue weighted by atomic mass is 10.0. The molecule has 0 bridgehead atoms. The molecule has 8 nitrogen and oxygen atoms in total. The van der Waals surface area contributed by atoms with Gasteiger partial charge in [-0.05, 0) is 23.8 Å². The van der Waals surface area contributed by atoms with Crippen molar-refractivity contribution in [2.45, 2.75) is 13.2 Å². The molecule has 0 atom stereocenters. The molecule has 0 unspecified atom stereocenters. The van der Waals surface area contributed by atoms with Gasteiger partial charge in [-0.2, -0.15) is 8.78 Å². The first-order valence-corrected chi connectivity index (χ1v) is 9.81. The molecule has 10 heteroatoms. The second-order valence-electron chi connectivity index (χ2n) is 6.62. The van der Waals surface area contributed by atoms with Crippen molar-refractivity contribution in [3.05, 3.63) is 66.0 Å². The molecule has 0 aliphatic heterocycles. The molecule has 32 heavy (non-hydrogen) atoms. The van der Waals surface area contributed by atoms with E-state index in [-0.39, 0.29) is 24.8 Å². The van der Waals surface area contributed by atoms with Gasteiger partial charge in [0.2, 0.25) is 5.95 Å². The second kappa shape index (κ2) is 11.0. The molecule has 3 rings (SSSR count). The van der Waals surface area contributed by atoms with Gasteiger partial charge in [0.25, 0.3) is 5.91 Å². The zero-order chi connectivity index (χ0) is 22.9. The molecule has 0 aliphatic rings. The number of hydrogen-bond donors (Lipinski definition) is 4.